The lowest BCUT2D eigenvalue weighted by atomic mass is 10.1. The Labute approximate surface area is 143 Å². The first-order valence-electron chi connectivity index (χ1n) is 7.28. The third kappa shape index (κ3) is 4.27. The van der Waals surface area contributed by atoms with E-state index in [0.29, 0.717) is 42.7 Å². The second kappa shape index (κ2) is 7.53. The normalized spacial score (nSPS) is 13.3. The summed E-state index contributed by atoms with van der Waals surface area (Å²) in [6, 6.07) is 5.72. The van der Waals surface area contributed by atoms with Crippen LogP contribution in [0.25, 0.3) is 6.08 Å². The molecule has 1 amide bonds. The molecule has 23 heavy (non-hydrogen) atoms. The average molecular weight is 350 g/mol. The number of halogens is 1. The fraction of sp³-hybridized carbons (Fsp3) is 0.235. The number of ether oxygens (including phenoxy) is 2. The zero-order chi connectivity index (χ0) is 16.1. The Morgan fingerprint density at radius 1 is 1.35 bits per heavy atom. The quantitative estimate of drug-likeness (QED) is 0.840. The molecule has 2 aromatic rings. The molecule has 6 heteroatoms. The topological polar surface area (TPSA) is 47.6 Å². The molecule has 2 heterocycles. The van der Waals surface area contributed by atoms with Crippen LogP contribution in [0.15, 0.2) is 35.0 Å². The number of hydrogen-bond donors (Lipinski definition) is 1. The minimum Gasteiger partial charge on any atom is -0.486 e. The van der Waals surface area contributed by atoms with Crippen molar-refractivity contribution in [1.29, 1.82) is 0 Å². The van der Waals surface area contributed by atoms with Gasteiger partial charge in [-0.3, -0.25) is 4.79 Å². The van der Waals surface area contributed by atoms with E-state index in [-0.39, 0.29) is 5.91 Å². The van der Waals surface area contributed by atoms with Crippen LogP contribution in [0, 0.1) is 0 Å². The minimum atomic E-state index is -0.111. The van der Waals surface area contributed by atoms with Gasteiger partial charge in [0, 0.05) is 12.6 Å². The lowest BCUT2D eigenvalue weighted by Crippen LogP contribution is -2.23. The highest BCUT2D eigenvalue weighted by atomic mass is 35.5. The highest BCUT2D eigenvalue weighted by molar-refractivity contribution is 7.08. The summed E-state index contributed by atoms with van der Waals surface area (Å²) < 4.78 is 11.0. The fourth-order valence-electron chi connectivity index (χ4n) is 2.24. The number of fused-ring (bicyclic) bond motifs is 1. The second-order valence-electron chi connectivity index (χ2n) is 5.03. The smallest absolute Gasteiger partial charge is 0.244 e. The van der Waals surface area contributed by atoms with Crippen LogP contribution in [-0.4, -0.2) is 25.7 Å². The van der Waals surface area contributed by atoms with Crippen LogP contribution in [0.4, 0.5) is 0 Å². The van der Waals surface area contributed by atoms with E-state index in [9.17, 15) is 4.79 Å². The van der Waals surface area contributed by atoms with Gasteiger partial charge in [-0.2, -0.15) is 11.3 Å². The zero-order valence-corrected chi connectivity index (χ0v) is 14.0. The first-order valence-corrected chi connectivity index (χ1v) is 8.60. The fourth-order valence-corrected chi connectivity index (χ4v) is 3.16. The molecule has 0 fully saturated rings. The summed E-state index contributed by atoms with van der Waals surface area (Å²) in [5, 5.41) is 7.36. The molecule has 0 bridgehead atoms. The molecule has 0 saturated heterocycles. The van der Waals surface area contributed by atoms with Gasteiger partial charge in [0.1, 0.15) is 13.2 Å². The van der Waals surface area contributed by atoms with Gasteiger partial charge in [0.15, 0.2) is 11.5 Å². The molecule has 4 nitrogen and oxygen atoms in total. The minimum absolute atomic E-state index is 0.111. The molecule has 0 unspecified atom stereocenters. The van der Waals surface area contributed by atoms with Crippen molar-refractivity contribution in [2.24, 2.45) is 0 Å². The molecule has 1 aromatic heterocycles. The zero-order valence-electron chi connectivity index (χ0n) is 12.4. The molecule has 0 spiro atoms. The molecular weight excluding hydrogens is 334 g/mol. The van der Waals surface area contributed by atoms with Crippen molar-refractivity contribution >= 4 is 34.9 Å². The Morgan fingerprint density at radius 3 is 3.04 bits per heavy atom. The Balaban J connectivity index is 1.52. The maximum Gasteiger partial charge on any atom is 0.244 e. The van der Waals surface area contributed by atoms with E-state index in [1.165, 1.54) is 0 Å². The summed E-state index contributed by atoms with van der Waals surface area (Å²) in [6.07, 6.45) is 4.01. The van der Waals surface area contributed by atoms with Crippen LogP contribution in [0.1, 0.15) is 11.1 Å². The van der Waals surface area contributed by atoms with Gasteiger partial charge in [-0.05, 0) is 52.6 Å². The summed E-state index contributed by atoms with van der Waals surface area (Å²) >= 11 is 7.79. The van der Waals surface area contributed by atoms with E-state index in [0.717, 1.165) is 11.1 Å². The van der Waals surface area contributed by atoms with Crippen molar-refractivity contribution in [3.63, 3.8) is 0 Å². The van der Waals surface area contributed by atoms with Gasteiger partial charge in [-0.25, -0.2) is 0 Å². The van der Waals surface area contributed by atoms with Crippen LogP contribution in [0.3, 0.4) is 0 Å². The summed E-state index contributed by atoms with van der Waals surface area (Å²) in [5.41, 5.74) is 2.03. The summed E-state index contributed by atoms with van der Waals surface area (Å²) in [7, 11) is 0. The van der Waals surface area contributed by atoms with Crippen molar-refractivity contribution in [3.05, 3.63) is 51.2 Å². The van der Waals surface area contributed by atoms with Crippen molar-refractivity contribution in [2.45, 2.75) is 6.42 Å². The van der Waals surface area contributed by atoms with E-state index in [1.807, 2.05) is 29.0 Å². The number of benzene rings is 1. The van der Waals surface area contributed by atoms with Gasteiger partial charge in [-0.1, -0.05) is 11.6 Å². The van der Waals surface area contributed by atoms with Gasteiger partial charge >= 0.3 is 0 Å². The molecule has 1 aliphatic heterocycles. The van der Waals surface area contributed by atoms with Crippen molar-refractivity contribution in [3.8, 4) is 11.5 Å². The lowest BCUT2D eigenvalue weighted by molar-refractivity contribution is -0.116. The van der Waals surface area contributed by atoms with Gasteiger partial charge in [0.2, 0.25) is 5.91 Å². The van der Waals surface area contributed by atoms with Crippen LogP contribution in [-0.2, 0) is 11.2 Å². The van der Waals surface area contributed by atoms with E-state index >= 15 is 0 Å². The predicted octanol–water partition coefficient (Wildman–Crippen LogP) is 3.54. The summed E-state index contributed by atoms with van der Waals surface area (Å²) in [4.78, 5) is 11.8. The highest BCUT2D eigenvalue weighted by Crippen LogP contribution is 2.38. The van der Waals surface area contributed by atoms with E-state index in [4.69, 9.17) is 21.1 Å². The summed E-state index contributed by atoms with van der Waals surface area (Å²) in [6.45, 7) is 1.57. The van der Waals surface area contributed by atoms with Crippen LogP contribution in [0.5, 0.6) is 11.5 Å². The van der Waals surface area contributed by atoms with Gasteiger partial charge < -0.3 is 14.8 Å². The van der Waals surface area contributed by atoms with Crippen LogP contribution in [0.2, 0.25) is 5.02 Å². The number of carbonyl (C=O) groups excluding carboxylic acids is 1. The van der Waals surface area contributed by atoms with E-state index in [2.05, 4.69) is 5.32 Å². The standard InChI is InChI=1S/C17H16ClNO3S/c18-14-9-13(10-15-17(14)22-7-6-21-15)3-5-19-16(20)2-1-12-4-8-23-11-12/h1-2,4,8-11H,3,5-7H2,(H,19,20)/b2-1+. The molecule has 0 aliphatic carbocycles. The van der Waals surface area contributed by atoms with Crippen molar-refractivity contribution in [2.75, 3.05) is 19.8 Å². The van der Waals surface area contributed by atoms with Gasteiger partial charge in [0.25, 0.3) is 0 Å². The third-order valence-electron chi connectivity index (χ3n) is 3.34. The van der Waals surface area contributed by atoms with Crippen LogP contribution < -0.4 is 14.8 Å². The van der Waals surface area contributed by atoms with Gasteiger partial charge in [0.05, 0.1) is 5.02 Å². The Bertz CT molecular complexity index is 713. The molecule has 0 saturated carbocycles. The highest BCUT2D eigenvalue weighted by Gasteiger charge is 2.16. The molecule has 1 aliphatic rings. The molecule has 1 aromatic carbocycles. The Morgan fingerprint density at radius 2 is 2.22 bits per heavy atom. The average Bonchev–Trinajstić information content (AvgIpc) is 3.06. The SMILES string of the molecule is O=C(/C=C/c1ccsc1)NCCc1cc(Cl)c2c(c1)OCCO2. The van der Waals surface area contributed by atoms with E-state index in [1.54, 1.807) is 23.5 Å². The Kier molecular flexibility index (Phi) is 5.20. The van der Waals surface area contributed by atoms with Crippen molar-refractivity contribution < 1.29 is 14.3 Å². The van der Waals surface area contributed by atoms with Crippen LogP contribution >= 0.6 is 22.9 Å². The maximum atomic E-state index is 11.8. The van der Waals surface area contributed by atoms with Gasteiger partial charge in [-0.15, -0.1) is 0 Å². The first-order chi connectivity index (χ1) is 11.2. The molecular formula is C17H16ClNO3S. The molecule has 120 valence electrons. The maximum absolute atomic E-state index is 11.8. The number of carbonyl (C=O) groups is 1. The largest absolute Gasteiger partial charge is 0.486 e. The molecule has 1 N–H and O–H groups in total. The molecule has 0 radical (unpaired) electrons. The number of hydrogen-bond acceptors (Lipinski definition) is 4. The van der Waals surface area contributed by atoms with E-state index < -0.39 is 0 Å². The Hall–Kier alpha value is -1.98. The summed E-state index contributed by atoms with van der Waals surface area (Å²) in [5.74, 6) is 1.16. The first kappa shape index (κ1) is 15.9. The number of nitrogens with one attached hydrogen (secondary N) is 1. The predicted molar refractivity (Wildman–Crippen MR) is 92.5 cm³/mol. The van der Waals surface area contributed by atoms with Crippen molar-refractivity contribution in [1.82, 2.24) is 5.32 Å². The number of amides is 1. The second-order valence-corrected chi connectivity index (χ2v) is 6.22. The third-order valence-corrected chi connectivity index (χ3v) is 4.32. The molecule has 0 atom stereocenters. The number of rotatable bonds is 5. The monoisotopic (exact) mass is 349 g/mol. The molecule has 3 rings (SSSR count). The lowest BCUT2D eigenvalue weighted by Gasteiger charge is -2.20. The number of thiophene rings is 1.